The molecule has 5 rings (SSSR count). The summed E-state index contributed by atoms with van der Waals surface area (Å²) in [5, 5.41) is 15.1. The number of nitrogens with one attached hydrogen (secondary N) is 1. The molecule has 8 heteroatoms. The van der Waals surface area contributed by atoms with Gasteiger partial charge in [-0.2, -0.15) is 0 Å². The molecule has 1 aliphatic carbocycles. The molecule has 3 heterocycles. The van der Waals surface area contributed by atoms with Gasteiger partial charge in [0.25, 0.3) is 5.91 Å². The summed E-state index contributed by atoms with van der Waals surface area (Å²) in [5.74, 6) is 0.624. The second-order valence-electron chi connectivity index (χ2n) is 8.95. The van der Waals surface area contributed by atoms with Crippen molar-refractivity contribution in [3.63, 3.8) is 0 Å². The molecule has 0 spiro atoms. The van der Waals surface area contributed by atoms with E-state index in [1.807, 2.05) is 0 Å². The SMILES string of the molecule is Cc1oc2ncnc(NC3(C)CC3)c2c1C(=O)N1CCC(O)(c2ccc(F)cc2)CC1. The molecule has 2 N–H and O–H groups in total. The van der Waals surface area contributed by atoms with Crippen LogP contribution in [0.25, 0.3) is 11.1 Å². The number of nitrogens with zero attached hydrogens (tertiary/aromatic N) is 3. The van der Waals surface area contributed by atoms with Crippen LogP contribution >= 0.6 is 0 Å². The molecule has 2 aliphatic rings. The van der Waals surface area contributed by atoms with E-state index in [-0.39, 0.29) is 17.3 Å². The number of rotatable bonds is 4. The van der Waals surface area contributed by atoms with Crippen LogP contribution in [0, 0.1) is 12.7 Å². The third-order valence-corrected chi connectivity index (χ3v) is 6.56. The highest BCUT2D eigenvalue weighted by atomic mass is 19.1. The number of carbonyl (C=O) groups excluding carboxylic acids is 1. The van der Waals surface area contributed by atoms with Crippen LogP contribution in [-0.2, 0) is 5.60 Å². The first-order valence-electron chi connectivity index (χ1n) is 10.6. The molecule has 2 aromatic heterocycles. The second-order valence-corrected chi connectivity index (χ2v) is 8.95. The van der Waals surface area contributed by atoms with E-state index in [1.165, 1.54) is 18.5 Å². The summed E-state index contributed by atoms with van der Waals surface area (Å²) in [7, 11) is 0. The van der Waals surface area contributed by atoms with E-state index in [1.54, 1.807) is 24.0 Å². The molecule has 1 amide bonds. The Bertz CT molecular complexity index is 1150. The maximum atomic E-state index is 13.5. The molecule has 162 valence electrons. The second kappa shape index (κ2) is 7.02. The van der Waals surface area contributed by atoms with Gasteiger partial charge >= 0.3 is 0 Å². The first-order valence-corrected chi connectivity index (χ1v) is 10.6. The molecule has 1 saturated carbocycles. The van der Waals surface area contributed by atoms with E-state index in [4.69, 9.17) is 4.42 Å². The molecule has 0 bridgehead atoms. The molecule has 3 aromatic rings. The van der Waals surface area contributed by atoms with Gasteiger partial charge in [-0.3, -0.25) is 4.79 Å². The van der Waals surface area contributed by atoms with Gasteiger partial charge in [-0.1, -0.05) is 12.1 Å². The first-order chi connectivity index (χ1) is 14.8. The fourth-order valence-corrected chi connectivity index (χ4v) is 4.28. The average molecular weight is 424 g/mol. The van der Waals surface area contributed by atoms with Crippen molar-refractivity contribution in [3.05, 3.63) is 53.3 Å². The van der Waals surface area contributed by atoms with Gasteiger partial charge < -0.3 is 19.7 Å². The van der Waals surface area contributed by atoms with Crippen LogP contribution in [0.2, 0.25) is 0 Å². The van der Waals surface area contributed by atoms with Gasteiger partial charge in [0.05, 0.1) is 16.6 Å². The molecular weight excluding hydrogens is 399 g/mol. The number of fused-ring (bicyclic) bond motifs is 1. The van der Waals surface area contributed by atoms with Crippen molar-refractivity contribution in [1.82, 2.24) is 14.9 Å². The number of furan rings is 1. The molecule has 1 saturated heterocycles. The van der Waals surface area contributed by atoms with Crippen LogP contribution in [0.4, 0.5) is 10.2 Å². The number of amides is 1. The molecule has 1 aromatic carbocycles. The minimum Gasteiger partial charge on any atom is -0.442 e. The zero-order chi connectivity index (χ0) is 21.8. The van der Waals surface area contributed by atoms with Crippen molar-refractivity contribution in [2.45, 2.75) is 50.7 Å². The summed E-state index contributed by atoms with van der Waals surface area (Å²) in [5.41, 5.74) is 0.443. The molecule has 0 atom stereocenters. The van der Waals surface area contributed by atoms with Gasteiger partial charge in [-0.05, 0) is 57.2 Å². The molecule has 1 aliphatic heterocycles. The fourth-order valence-electron chi connectivity index (χ4n) is 4.28. The van der Waals surface area contributed by atoms with Crippen molar-refractivity contribution >= 4 is 22.8 Å². The van der Waals surface area contributed by atoms with Crippen molar-refractivity contribution in [2.75, 3.05) is 18.4 Å². The van der Waals surface area contributed by atoms with E-state index < -0.39 is 5.60 Å². The Balaban J connectivity index is 1.41. The van der Waals surface area contributed by atoms with Gasteiger partial charge in [0, 0.05) is 18.6 Å². The predicted octanol–water partition coefficient (Wildman–Crippen LogP) is 3.76. The van der Waals surface area contributed by atoms with Gasteiger partial charge in [0.15, 0.2) is 0 Å². The Morgan fingerprint density at radius 3 is 2.48 bits per heavy atom. The zero-order valence-electron chi connectivity index (χ0n) is 17.6. The van der Waals surface area contributed by atoms with Crippen molar-refractivity contribution in [2.24, 2.45) is 0 Å². The number of likely N-dealkylation sites (tertiary alicyclic amines) is 1. The number of anilines is 1. The first kappa shape index (κ1) is 19.9. The largest absolute Gasteiger partial charge is 0.442 e. The van der Waals surface area contributed by atoms with Crippen LogP contribution < -0.4 is 5.32 Å². The summed E-state index contributed by atoms with van der Waals surface area (Å²) >= 11 is 0. The van der Waals surface area contributed by atoms with E-state index >= 15 is 0 Å². The van der Waals surface area contributed by atoms with Crippen molar-refractivity contribution in [1.29, 1.82) is 0 Å². The van der Waals surface area contributed by atoms with Crippen LogP contribution in [0.15, 0.2) is 35.0 Å². The topological polar surface area (TPSA) is 91.5 Å². The number of hydrogen-bond acceptors (Lipinski definition) is 6. The number of benzene rings is 1. The van der Waals surface area contributed by atoms with Crippen LogP contribution in [-0.4, -0.2) is 44.5 Å². The van der Waals surface area contributed by atoms with Crippen LogP contribution in [0.5, 0.6) is 0 Å². The lowest BCUT2D eigenvalue weighted by Crippen LogP contribution is -2.45. The number of hydrogen-bond donors (Lipinski definition) is 2. The van der Waals surface area contributed by atoms with E-state index in [2.05, 4.69) is 22.2 Å². The maximum absolute atomic E-state index is 13.5. The fraction of sp³-hybridized carbons (Fsp3) is 0.435. The number of halogens is 1. The lowest BCUT2D eigenvalue weighted by Gasteiger charge is -2.38. The smallest absolute Gasteiger partial charge is 0.258 e. The lowest BCUT2D eigenvalue weighted by atomic mass is 9.84. The average Bonchev–Trinajstić information content (AvgIpc) is 3.36. The van der Waals surface area contributed by atoms with Gasteiger partial charge in [0.2, 0.25) is 5.71 Å². The highest BCUT2D eigenvalue weighted by Crippen LogP contribution is 2.41. The third kappa shape index (κ3) is 3.54. The minimum absolute atomic E-state index is 0.0104. The van der Waals surface area contributed by atoms with Crippen LogP contribution in [0.3, 0.4) is 0 Å². The highest BCUT2D eigenvalue weighted by Gasteiger charge is 2.40. The third-order valence-electron chi connectivity index (χ3n) is 6.56. The Labute approximate surface area is 179 Å². The standard InChI is InChI=1S/C23H25FN4O3/c1-14-17(18-19(27-22(2)7-8-22)25-13-26-20(18)31-14)21(29)28-11-9-23(30,10-12-28)15-3-5-16(24)6-4-15/h3-6,13,30H,7-12H2,1-2H3,(H,25,26,27). The summed E-state index contributed by atoms with van der Waals surface area (Å²) < 4.78 is 19.0. The predicted molar refractivity (Wildman–Crippen MR) is 113 cm³/mol. The summed E-state index contributed by atoms with van der Waals surface area (Å²) in [6.45, 7) is 4.65. The number of aryl methyl sites for hydroxylation is 1. The molecule has 31 heavy (non-hydrogen) atoms. The van der Waals surface area contributed by atoms with E-state index in [0.717, 1.165) is 12.8 Å². The van der Waals surface area contributed by atoms with Gasteiger partial charge in [0.1, 0.15) is 23.7 Å². The Morgan fingerprint density at radius 2 is 1.84 bits per heavy atom. The molecule has 2 fully saturated rings. The Kier molecular flexibility index (Phi) is 4.51. The molecular formula is C23H25FN4O3. The van der Waals surface area contributed by atoms with E-state index in [9.17, 15) is 14.3 Å². The summed E-state index contributed by atoms with van der Waals surface area (Å²) in [6.07, 6.45) is 4.29. The van der Waals surface area contributed by atoms with Crippen LogP contribution in [0.1, 0.15) is 54.3 Å². The van der Waals surface area contributed by atoms with Gasteiger partial charge in [-0.25, -0.2) is 14.4 Å². The molecule has 0 unspecified atom stereocenters. The maximum Gasteiger partial charge on any atom is 0.258 e. The monoisotopic (exact) mass is 424 g/mol. The minimum atomic E-state index is -1.08. The highest BCUT2D eigenvalue weighted by molar-refractivity contribution is 6.10. The number of carbonyl (C=O) groups is 1. The molecule has 0 radical (unpaired) electrons. The summed E-state index contributed by atoms with van der Waals surface area (Å²) in [4.78, 5) is 23.8. The zero-order valence-corrected chi connectivity index (χ0v) is 17.6. The number of aliphatic hydroxyl groups is 1. The molecule has 7 nitrogen and oxygen atoms in total. The normalized spacial score (nSPS) is 19.4. The number of aromatic nitrogens is 2. The summed E-state index contributed by atoms with van der Waals surface area (Å²) in [6, 6.07) is 5.91. The van der Waals surface area contributed by atoms with Crippen molar-refractivity contribution in [3.8, 4) is 0 Å². The van der Waals surface area contributed by atoms with Crippen molar-refractivity contribution < 1.29 is 18.7 Å². The number of piperidine rings is 1. The van der Waals surface area contributed by atoms with Gasteiger partial charge in [-0.15, -0.1) is 0 Å². The van der Waals surface area contributed by atoms with E-state index in [0.29, 0.717) is 59.7 Å². The Morgan fingerprint density at radius 1 is 1.16 bits per heavy atom. The quantitative estimate of drug-likeness (QED) is 0.663. The Hall–Kier alpha value is -3.00. The lowest BCUT2D eigenvalue weighted by molar-refractivity contribution is -0.0211.